The van der Waals surface area contributed by atoms with Crippen LogP contribution in [0.25, 0.3) is 50.7 Å². The summed E-state index contributed by atoms with van der Waals surface area (Å²) in [5.41, 5.74) is 18.5. The lowest BCUT2D eigenvalue weighted by atomic mass is 9.72. The van der Waals surface area contributed by atoms with Gasteiger partial charge in [-0.15, -0.1) is 0 Å². The number of para-hydroxylation sites is 1. The summed E-state index contributed by atoms with van der Waals surface area (Å²) < 4.78 is 2.27. The minimum atomic E-state index is -0.208. The van der Waals surface area contributed by atoms with E-state index >= 15 is 0 Å². The van der Waals surface area contributed by atoms with E-state index < -0.39 is 0 Å². The van der Waals surface area contributed by atoms with E-state index in [9.17, 15) is 0 Å². The molecule has 0 bridgehead atoms. The highest BCUT2D eigenvalue weighted by Crippen LogP contribution is 2.45. The van der Waals surface area contributed by atoms with Crippen LogP contribution in [0.15, 0.2) is 115 Å². The third kappa shape index (κ3) is 3.97. The van der Waals surface area contributed by atoms with Gasteiger partial charge in [0.1, 0.15) is 5.82 Å². The van der Waals surface area contributed by atoms with Crippen molar-refractivity contribution in [1.82, 2.24) is 14.5 Å². The van der Waals surface area contributed by atoms with Gasteiger partial charge in [-0.2, -0.15) is 0 Å². The summed E-state index contributed by atoms with van der Waals surface area (Å²) in [7, 11) is 0. The second-order valence-electron chi connectivity index (χ2n) is 11.5. The van der Waals surface area contributed by atoms with Gasteiger partial charge in [-0.3, -0.25) is 4.57 Å². The summed E-state index contributed by atoms with van der Waals surface area (Å²) in [5, 5.41) is 3.56. The molecule has 3 heterocycles. The van der Waals surface area contributed by atoms with Gasteiger partial charge in [0.15, 0.2) is 5.82 Å². The number of aryl methyl sites for hydroxylation is 1. The largest absolute Gasteiger partial charge is 0.338 e. The Hall–Kier alpha value is -5.00. The van der Waals surface area contributed by atoms with Gasteiger partial charge >= 0.3 is 0 Å². The van der Waals surface area contributed by atoms with Gasteiger partial charge in [0.05, 0.1) is 22.8 Å². The van der Waals surface area contributed by atoms with Gasteiger partial charge in [-0.05, 0) is 67.1 Å². The molecule has 1 aliphatic carbocycles. The number of nitrogens with one attached hydrogen (secondary N) is 1. The number of nitrogens with zero attached hydrogens (tertiary/aromatic N) is 3. The molecule has 2 aliphatic rings. The van der Waals surface area contributed by atoms with Crippen LogP contribution in [0.4, 0.5) is 11.5 Å². The van der Waals surface area contributed by atoms with Gasteiger partial charge in [0, 0.05) is 28.4 Å². The molecule has 42 heavy (non-hydrogen) atoms. The molecule has 3 N–H and O–H groups in total. The van der Waals surface area contributed by atoms with E-state index in [4.69, 9.17) is 15.7 Å². The molecule has 0 atom stereocenters. The van der Waals surface area contributed by atoms with Crippen molar-refractivity contribution < 1.29 is 0 Å². The molecule has 1 fully saturated rings. The number of hydrogen-bond acceptors (Lipinski definition) is 4. The molecule has 0 saturated heterocycles. The quantitative estimate of drug-likeness (QED) is 0.232. The normalized spacial score (nSPS) is 14.5. The van der Waals surface area contributed by atoms with Crippen LogP contribution in [-0.4, -0.2) is 14.5 Å². The lowest BCUT2D eigenvalue weighted by Gasteiger charge is -2.38. The van der Waals surface area contributed by atoms with E-state index in [1.807, 2.05) is 18.3 Å². The summed E-state index contributed by atoms with van der Waals surface area (Å²) in [6, 6.07) is 38.6. The third-order valence-corrected chi connectivity index (χ3v) is 8.81. The molecule has 0 amide bonds. The fraction of sp³-hybridized carbons (Fsp3) is 0.135. The number of anilines is 2. The molecule has 204 valence electrons. The van der Waals surface area contributed by atoms with Crippen molar-refractivity contribution in [2.45, 2.75) is 31.7 Å². The van der Waals surface area contributed by atoms with Crippen LogP contribution in [-0.2, 0) is 5.54 Å². The fourth-order valence-corrected chi connectivity index (χ4v) is 6.34. The molecule has 8 rings (SSSR count). The minimum Gasteiger partial charge on any atom is -0.338 e. The zero-order valence-corrected chi connectivity index (χ0v) is 23.5. The summed E-state index contributed by atoms with van der Waals surface area (Å²) in [6.07, 6.45) is 5.09. The van der Waals surface area contributed by atoms with Gasteiger partial charge in [-0.25, -0.2) is 9.97 Å². The Balaban J connectivity index is 1.36. The van der Waals surface area contributed by atoms with Crippen LogP contribution in [0.1, 0.15) is 30.4 Å². The highest BCUT2D eigenvalue weighted by molar-refractivity contribution is 5.91. The smallest absolute Gasteiger partial charge is 0.154 e. The van der Waals surface area contributed by atoms with Crippen LogP contribution in [0.3, 0.4) is 0 Å². The minimum absolute atomic E-state index is 0.208. The second kappa shape index (κ2) is 9.54. The predicted molar refractivity (Wildman–Crippen MR) is 171 cm³/mol. The van der Waals surface area contributed by atoms with Crippen molar-refractivity contribution in [3.8, 4) is 50.7 Å². The number of pyridine rings is 1. The first-order chi connectivity index (χ1) is 20.6. The number of hydrogen-bond donors (Lipinski definition) is 2. The summed E-state index contributed by atoms with van der Waals surface area (Å²) in [6.45, 7) is 2.13. The third-order valence-electron chi connectivity index (χ3n) is 8.81. The molecule has 2 aromatic heterocycles. The van der Waals surface area contributed by atoms with Crippen LogP contribution >= 0.6 is 0 Å². The topological polar surface area (TPSA) is 68.8 Å². The maximum atomic E-state index is 6.70. The molecule has 4 aromatic carbocycles. The Morgan fingerprint density at radius 1 is 0.762 bits per heavy atom. The van der Waals surface area contributed by atoms with Crippen molar-refractivity contribution in [2.75, 3.05) is 5.32 Å². The van der Waals surface area contributed by atoms with Crippen molar-refractivity contribution >= 4 is 11.5 Å². The molecule has 6 aromatic rings. The molecule has 5 nitrogen and oxygen atoms in total. The zero-order chi connectivity index (χ0) is 28.3. The number of imidazole rings is 1. The molecule has 0 spiro atoms. The highest BCUT2D eigenvalue weighted by atomic mass is 15.2. The molecule has 0 radical (unpaired) electrons. The Labute approximate surface area is 245 Å². The molecular formula is C37H31N5. The first kappa shape index (κ1) is 24.8. The van der Waals surface area contributed by atoms with Crippen LogP contribution in [0, 0.1) is 6.92 Å². The Morgan fingerprint density at radius 2 is 1.52 bits per heavy atom. The summed E-state index contributed by atoms with van der Waals surface area (Å²) in [5.74, 6) is 1.69. The standard InChI is InChI=1S/C37H31N5/c1-24-7-4-8-28(23-24)25-12-14-26(15-13-25)33-34(27-16-18-29(19-17-27)37(38)20-6-21-37)42-32-11-5-22-39-35(32)40-31-10-3-2-9-30(31)36(42)41-33/h2-5,7-19,22-23H,6,20-21,38H2,1H3,(H,39,40). The molecule has 0 unspecified atom stereocenters. The van der Waals surface area contributed by atoms with Crippen LogP contribution < -0.4 is 11.1 Å². The van der Waals surface area contributed by atoms with E-state index in [1.165, 1.54) is 28.7 Å². The number of benzene rings is 4. The fourth-order valence-electron chi connectivity index (χ4n) is 6.34. The average Bonchev–Trinajstić information content (AvgIpc) is 3.34. The molecular weight excluding hydrogens is 514 g/mol. The van der Waals surface area contributed by atoms with E-state index in [1.54, 1.807) is 0 Å². The lowest BCUT2D eigenvalue weighted by Crippen LogP contribution is -2.43. The number of rotatable bonds is 4. The highest BCUT2D eigenvalue weighted by Gasteiger charge is 2.34. The Kier molecular flexibility index (Phi) is 5.62. The van der Waals surface area contributed by atoms with Gasteiger partial charge in [-0.1, -0.05) is 90.5 Å². The second-order valence-corrected chi connectivity index (χ2v) is 11.5. The number of aromatic nitrogens is 3. The SMILES string of the molecule is Cc1cccc(-c2ccc(-c3nc4n(c3-c3ccc(C5(N)CCC5)cc3)-c3cccnc3Nc3ccccc3-4)cc2)c1. The van der Waals surface area contributed by atoms with E-state index in [0.717, 1.165) is 63.9 Å². The van der Waals surface area contributed by atoms with Gasteiger partial charge in [0.25, 0.3) is 0 Å². The molecule has 1 aliphatic heterocycles. The van der Waals surface area contributed by atoms with Gasteiger partial charge in [0.2, 0.25) is 0 Å². The van der Waals surface area contributed by atoms with Crippen molar-refractivity contribution in [2.24, 2.45) is 5.73 Å². The van der Waals surface area contributed by atoms with Crippen molar-refractivity contribution in [3.63, 3.8) is 0 Å². The van der Waals surface area contributed by atoms with E-state index in [-0.39, 0.29) is 5.54 Å². The number of nitrogens with two attached hydrogens (primary N) is 1. The van der Waals surface area contributed by atoms with Crippen LogP contribution in [0.5, 0.6) is 0 Å². The van der Waals surface area contributed by atoms with Crippen LogP contribution in [0.2, 0.25) is 0 Å². The van der Waals surface area contributed by atoms with Crippen molar-refractivity contribution in [3.05, 3.63) is 127 Å². The first-order valence-corrected chi connectivity index (χ1v) is 14.6. The van der Waals surface area contributed by atoms with Gasteiger partial charge < -0.3 is 11.1 Å². The average molecular weight is 546 g/mol. The molecule has 1 saturated carbocycles. The van der Waals surface area contributed by atoms with E-state index in [0.29, 0.717) is 0 Å². The maximum Gasteiger partial charge on any atom is 0.154 e. The summed E-state index contributed by atoms with van der Waals surface area (Å²) in [4.78, 5) is 10.1. The van der Waals surface area contributed by atoms with E-state index in [2.05, 4.69) is 114 Å². The molecule has 5 heteroatoms. The number of fused-ring (bicyclic) bond motifs is 5. The predicted octanol–water partition coefficient (Wildman–Crippen LogP) is 8.64. The summed E-state index contributed by atoms with van der Waals surface area (Å²) >= 11 is 0. The Bertz CT molecular complexity index is 1950. The zero-order valence-electron chi connectivity index (χ0n) is 23.5. The Morgan fingerprint density at radius 3 is 2.29 bits per heavy atom. The van der Waals surface area contributed by atoms with Crippen molar-refractivity contribution in [1.29, 1.82) is 0 Å². The first-order valence-electron chi connectivity index (χ1n) is 14.6. The lowest BCUT2D eigenvalue weighted by molar-refractivity contribution is 0.253. The maximum absolute atomic E-state index is 6.70. The monoisotopic (exact) mass is 545 g/mol.